The Labute approximate surface area is 222 Å². The highest BCUT2D eigenvalue weighted by atomic mass is 79.9. The van der Waals surface area contributed by atoms with E-state index in [2.05, 4.69) is 15.9 Å². The number of nitrogens with one attached hydrogen (secondary N) is 1. The predicted molar refractivity (Wildman–Crippen MR) is 136 cm³/mol. The van der Waals surface area contributed by atoms with Gasteiger partial charge in [-0.1, -0.05) is 23.7 Å². The van der Waals surface area contributed by atoms with Gasteiger partial charge in [-0.15, -0.1) is 0 Å². The molecule has 0 spiro atoms. The van der Waals surface area contributed by atoms with Crippen molar-refractivity contribution in [2.24, 2.45) is 0 Å². The third-order valence-corrected chi connectivity index (χ3v) is 7.09. The Morgan fingerprint density at radius 1 is 1.03 bits per heavy atom. The lowest BCUT2D eigenvalue weighted by Crippen LogP contribution is -2.54. The van der Waals surface area contributed by atoms with Crippen LogP contribution in [0, 0.1) is 10.1 Å². The van der Waals surface area contributed by atoms with Gasteiger partial charge in [-0.25, -0.2) is 9.69 Å². The highest BCUT2D eigenvalue weighted by molar-refractivity contribution is 9.10. The van der Waals surface area contributed by atoms with Gasteiger partial charge in [0.2, 0.25) is 0 Å². The van der Waals surface area contributed by atoms with E-state index < -0.39 is 38.5 Å². The second-order valence-electron chi connectivity index (χ2n) is 7.42. The summed E-state index contributed by atoms with van der Waals surface area (Å²) < 4.78 is 30.5. The van der Waals surface area contributed by atoms with E-state index in [4.69, 9.17) is 15.8 Å². The smallest absolute Gasteiger partial charge is 0.339 e. The molecule has 0 atom stereocenters. The Morgan fingerprint density at radius 3 is 2.38 bits per heavy atom. The molecule has 1 aliphatic heterocycles. The van der Waals surface area contributed by atoms with Crippen molar-refractivity contribution >= 4 is 72.9 Å². The number of hydrogen-bond acceptors (Lipinski definition) is 8. The summed E-state index contributed by atoms with van der Waals surface area (Å²) in [7, 11) is -4.18. The molecular formula is C23H13BrClN3O8S. The molecule has 0 saturated carbocycles. The average molecular weight is 607 g/mol. The third-order valence-electron chi connectivity index (χ3n) is 4.97. The molecule has 0 aliphatic carbocycles. The van der Waals surface area contributed by atoms with Crippen molar-refractivity contribution in [3.63, 3.8) is 0 Å². The van der Waals surface area contributed by atoms with Crippen molar-refractivity contribution < 1.29 is 31.9 Å². The summed E-state index contributed by atoms with van der Waals surface area (Å²) in [6.07, 6.45) is 1.18. The van der Waals surface area contributed by atoms with Crippen molar-refractivity contribution in [2.75, 3.05) is 4.90 Å². The summed E-state index contributed by atoms with van der Waals surface area (Å²) >= 11 is 8.99. The molecule has 37 heavy (non-hydrogen) atoms. The topological polar surface area (TPSA) is 153 Å². The fourth-order valence-electron chi connectivity index (χ4n) is 3.25. The zero-order valence-electron chi connectivity index (χ0n) is 18.3. The van der Waals surface area contributed by atoms with E-state index in [0.29, 0.717) is 9.92 Å². The maximum atomic E-state index is 13.0. The molecule has 3 aromatic carbocycles. The molecule has 4 amide bonds. The fourth-order valence-corrected chi connectivity index (χ4v) is 4.90. The monoisotopic (exact) mass is 605 g/mol. The Bertz CT molecular complexity index is 1610. The fraction of sp³-hybridized carbons (Fsp3) is 0. The first-order valence-electron chi connectivity index (χ1n) is 10.1. The van der Waals surface area contributed by atoms with E-state index in [-0.39, 0.29) is 32.1 Å². The number of amides is 4. The second kappa shape index (κ2) is 10.1. The minimum Gasteiger partial charge on any atom is -0.378 e. The summed E-state index contributed by atoms with van der Waals surface area (Å²) in [6.45, 7) is 0. The number of rotatable bonds is 6. The van der Waals surface area contributed by atoms with Crippen LogP contribution in [0.15, 0.2) is 81.7 Å². The Morgan fingerprint density at radius 2 is 1.73 bits per heavy atom. The van der Waals surface area contributed by atoms with Crippen LogP contribution >= 0.6 is 27.5 Å². The standard InChI is InChI=1S/C23H13BrClN3O8S/c24-19-11-13(4-9-20(19)36-37(34,35)17-7-5-14(25)6-8-17)10-18-21(29)26-23(31)27(22(18)30)15-2-1-3-16(12-15)28(32)33/h1-12H,(H,26,29,31)/b18-10+. The third kappa shape index (κ3) is 5.53. The van der Waals surface area contributed by atoms with E-state index in [9.17, 15) is 32.9 Å². The number of barbiturate groups is 1. The van der Waals surface area contributed by atoms with Gasteiger partial charge in [0.05, 0.1) is 15.1 Å². The molecule has 1 saturated heterocycles. The number of carbonyl (C=O) groups is 3. The summed E-state index contributed by atoms with van der Waals surface area (Å²) in [5.74, 6) is -2.04. The maximum Gasteiger partial charge on any atom is 0.339 e. The number of nitrogens with zero attached hydrogens (tertiary/aromatic N) is 2. The van der Waals surface area contributed by atoms with Crippen LogP contribution in [0.3, 0.4) is 0 Å². The van der Waals surface area contributed by atoms with E-state index in [1.165, 1.54) is 66.7 Å². The van der Waals surface area contributed by atoms with Crippen LogP contribution in [0.1, 0.15) is 5.56 Å². The average Bonchev–Trinajstić information content (AvgIpc) is 2.83. The van der Waals surface area contributed by atoms with Crippen LogP contribution in [0.4, 0.5) is 16.2 Å². The normalized spacial score (nSPS) is 15.0. The van der Waals surface area contributed by atoms with Crippen molar-refractivity contribution in [1.29, 1.82) is 0 Å². The first-order valence-corrected chi connectivity index (χ1v) is 12.7. The van der Waals surface area contributed by atoms with Gasteiger partial charge in [-0.2, -0.15) is 8.42 Å². The van der Waals surface area contributed by atoms with Crippen molar-refractivity contribution in [3.05, 3.63) is 97.5 Å². The Hall–Kier alpha value is -4.07. The van der Waals surface area contributed by atoms with Crippen LogP contribution in [-0.2, 0) is 19.7 Å². The molecule has 0 unspecified atom stereocenters. The minimum atomic E-state index is -4.18. The van der Waals surface area contributed by atoms with Gasteiger partial charge < -0.3 is 4.18 Å². The highest BCUT2D eigenvalue weighted by Crippen LogP contribution is 2.31. The Balaban J connectivity index is 1.63. The summed E-state index contributed by atoms with van der Waals surface area (Å²) in [5.41, 5.74) is -0.601. The second-order valence-corrected chi connectivity index (χ2v) is 10.3. The number of anilines is 1. The van der Waals surface area contributed by atoms with Crippen molar-refractivity contribution in [2.45, 2.75) is 4.90 Å². The molecule has 188 valence electrons. The number of nitro benzene ring substituents is 1. The van der Waals surface area contributed by atoms with Crippen LogP contribution in [-0.4, -0.2) is 31.2 Å². The number of carbonyl (C=O) groups excluding carboxylic acids is 3. The number of imide groups is 2. The van der Waals surface area contributed by atoms with Crippen LogP contribution in [0.2, 0.25) is 5.02 Å². The minimum absolute atomic E-state index is 0.0649. The number of benzene rings is 3. The zero-order chi connectivity index (χ0) is 26.9. The summed E-state index contributed by atoms with van der Waals surface area (Å²) in [4.78, 5) is 48.7. The molecule has 14 heteroatoms. The molecular weight excluding hydrogens is 594 g/mol. The molecule has 3 aromatic rings. The van der Waals surface area contributed by atoms with Gasteiger partial charge in [-0.05, 0) is 70.0 Å². The number of non-ortho nitro benzene ring substituents is 1. The van der Waals surface area contributed by atoms with Crippen LogP contribution in [0.5, 0.6) is 5.75 Å². The largest absolute Gasteiger partial charge is 0.378 e. The molecule has 0 radical (unpaired) electrons. The molecule has 11 nitrogen and oxygen atoms in total. The Kier molecular flexibility index (Phi) is 7.12. The van der Waals surface area contributed by atoms with Gasteiger partial charge in [0, 0.05) is 17.2 Å². The van der Waals surface area contributed by atoms with Gasteiger partial charge in [0.15, 0.2) is 5.75 Å². The van der Waals surface area contributed by atoms with Gasteiger partial charge >= 0.3 is 16.1 Å². The van der Waals surface area contributed by atoms with E-state index in [1.54, 1.807) is 0 Å². The molecule has 0 bridgehead atoms. The number of hydrogen-bond donors (Lipinski definition) is 1. The van der Waals surface area contributed by atoms with Crippen molar-refractivity contribution in [3.8, 4) is 5.75 Å². The zero-order valence-corrected chi connectivity index (χ0v) is 21.4. The summed E-state index contributed by atoms with van der Waals surface area (Å²) in [6, 6.07) is 13.2. The number of nitro groups is 1. The molecule has 1 fully saturated rings. The van der Waals surface area contributed by atoms with Crippen LogP contribution in [0.25, 0.3) is 6.08 Å². The summed E-state index contributed by atoms with van der Waals surface area (Å²) in [5, 5.41) is 13.4. The SMILES string of the molecule is O=C1NC(=O)N(c2cccc([N+](=O)[O-])c2)C(=O)/C1=C/c1ccc(OS(=O)(=O)c2ccc(Cl)cc2)c(Br)c1. The lowest BCUT2D eigenvalue weighted by Gasteiger charge is -2.26. The first-order chi connectivity index (χ1) is 17.5. The molecule has 0 aromatic heterocycles. The van der Waals surface area contributed by atoms with Gasteiger partial charge in [0.25, 0.3) is 17.5 Å². The van der Waals surface area contributed by atoms with Crippen LogP contribution < -0.4 is 14.4 Å². The molecule has 1 N–H and O–H groups in total. The van der Waals surface area contributed by atoms with E-state index in [0.717, 1.165) is 6.07 Å². The number of urea groups is 1. The lowest BCUT2D eigenvalue weighted by molar-refractivity contribution is -0.384. The van der Waals surface area contributed by atoms with Gasteiger partial charge in [0.1, 0.15) is 10.5 Å². The predicted octanol–water partition coefficient (Wildman–Crippen LogP) is 4.44. The lowest BCUT2D eigenvalue weighted by atomic mass is 10.1. The van der Waals surface area contributed by atoms with E-state index >= 15 is 0 Å². The maximum absolute atomic E-state index is 13.0. The number of halogens is 2. The highest BCUT2D eigenvalue weighted by Gasteiger charge is 2.37. The first kappa shape index (κ1) is 26.0. The quantitative estimate of drug-likeness (QED) is 0.142. The van der Waals surface area contributed by atoms with Gasteiger partial charge in [-0.3, -0.25) is 25.0 Å². The molecule has 1 aliphatic rings. The van der Waals surface area contributed by atoms with Crippen molar-refractivity contribution in [1.82, 2.24) is 5.32 Å². The van der Waals surface area contributed by atoms with E-state index in [1.807, 2.05) is 5.32 Å². The molecule has 1 heterocycles. The molecule has 4 rings (SSSR count).